The first-order valence-corrected chi connectivity index (χ1v) is 7.86. The molecular weight excluding hydrogens is 308 g/mol. The van der Waals surface area contributed by atoms with Crippen LogP contribution in [0.1, 0.15) is 34.1 Å². The normalized spacial score (nSPS) is 12.5. The molecule has 5 nitrogen and oxygen atoms in total. The lowest BCUT2D eigenvalue weighted by atomic mass is 10.1. The molecule has 24 heavy (non-hydrogen) atoms. The Labute approximate surface area is 140 Å². The lowest BCUT2D eigenvalue weighted by Crippen LogP contribution is -2.17. The Bertz CT molecular complexity index is 749. The highest BCUT2D eigenvalue weighted by atomic mass is 16.6. The summed E-state index contributed by atoms with van der Waals surface area (Å²) in [5.74, 6) is 1.70. The van der Waals surface area contributed by atoms with Gasteiger partial charge >= 0.3 is 0 Å². The first kappa shape index (κ1) is 16.1. The second kappa shape index (κ2) is 7.17. The molecule has 5 heteroatoms. The average molecular weight is 326 g/mol. The summed E-state index contributed by atoms with van der Waals surface area (Å²) in [6.45, 7) is 2.73. The van der Waals surface area contributed by atoms with E-state index in [9.17, 15) is 9.59 Å². The van der Waals surface area contributed by atoms with E-state index in [0.717, 1.165) is 0 Å². The number of carbonyl (C=O) groups is 2. The predicted octanol–water partition coefficient (Wildman–Crippen LogP) is 3.31. The van der Waals surface area contributed by atoms with E-state index < -0.39 is 0 Å². The minimum absolute atomic E-state index is 0.0777. The van der Waals surface area contributed by atoms with Gasteiger partial charge in [-0.15, -0.1) is 0 Å². The van der Waals surface area contributed by atoms with Gasteiger partial charge in [-0.2, -0.15) is 0 Å². The van der Waals surface area contributed by atoms with Crippen molar-refractivity contribution in [3.8, 4) is 17.2 Å². The molecule has 2 aromatic carbocycles. The molecule has 0 spiro atoms. The van der Waals surface area contributed by atoms with Gasteiger partial charge in [0.1, 0.15) is 19.0 Å². The first-order chi connectivity index (χ1) is 11.7. The van der Waals surface area contributed by atoms with Gasteiger partial charge in [-0.3, -0.25) is 9.59 Å². The van der Waals surface area contributed by atoms with Gasteiger partial charge in [0.2, 0.25) is 0 Å². The van der Waals surface area contributed by atoms with Crippen molar-refractivity contribution < 1.29 is 23.8 Å². The Kier molecular flexibility index (Phi) is 4.79. The van der Waals surface area contributed by atoms with Crippen LogP contribution in [-0.2, 0) is 0 Å². The summed E-state index contributed by atoms with van der Waals surface area (Å²) in [5.41, 5.74) is 1.15. The topological polar surface area (TPSA) is 61.8 Å². The molecule has 0 fully saturated rings. The van der Waals surface area contributed by atoms with Gasteiger partial charge in [-0.1, -0.05) is 6.92 Å². The van der Waals surface area contributed by atoms with Crippen LogP contribution >= 0.6 is 0 Å². The number of ketones is 2. The van der Waals surface area contributed by atoms with Crippen LogP contribution < -0.4 is 14.2 Å². The fraction of sp³-hybridized carbons (Fsp3) is 0.263. The third kappa shape index (κ3) is 3.56. The molecule has 0 unspecified atom stereocenters. The Hall–Kier alpha value is -2.82. The quantitative estimate of drug-likeness (QED) is 0.762. The Morgan fingerprint density at radius 2 is 1.58 bits per heavy atom. The molecule has 1 heterocycles. The van der Waals surface area contributed by atoms with Gasteiger partial charge in [-0.25, -0.2) is 0 Å². The summed E-state index contributed by atoms with van der Waals surface area (Å²) in [4.78, 5) is 23.8. The zero-order valence-electron chi connectivity index (χ0n) is 13.4. The minimum Gasteiger partial charge on any atom is -0.486 e. The Balaban J connectivity index is 1.62. The molecule has 0 atom stereocenters. The van der Waals surface area contributed by atoms with E-state index in [4.69, 9.17) is 14.2 Å². The summed E-state index contributed by atoms with van der Waals surface area (Å²) >= 11 is 0. The molecule has 3 rings (SSSR count). The van der Waals surface area contributed by atoms with Crippen molar-refractivity contribution in [2.75, 3.05) is 19.8 Å². The third-order valence-corrected chi connectivity index (χ3v) is 3.73. The fourth-order valence-corrected chi connectivity index (χ4v) is 2.39. The van der Waals surface area contributed by atoms with E-state index in [1.807, 2.05) is 6.92 Å². The van der Waals surface area contributed by atoms with Crippen LogP contribution in [-0.4, -0.2) is 31.4 Å². The molecule has 1 aliphatic rings. The molecule has 0 N–H and O–H groups in total. The number of hydrogen-bond donors (Lipinski definition) is 0. The zero-order chi connectivity index (χ0) is 16.9. The molecule has 0 aromatic heterocycles. The Morgan fingerprint density at radius 3 is 2.29 bits per heavy atom. The maximum absolute atomic E-state index is 12.2. The van der Waals surface area contributed by atoms with Crippen molar-refractivity contribution in [2.45, 2.75) is 13.3 Å². The molecule has 0 radical (unpaired) electrons. The monoisotopic (exact) mass is 326 g/mol. The van der Waals surface area contributed by atoms with Crippen LogP contribution in [0.3, 0.4) is 0 Å². The summed E-state index contributed by atoms with van der Waals surface area (Å²) in [5, 5.41) is 0. The van der Waals surface area contributed by atoms with Crippen molar-refractivity contribution in [1.82, 2.24) is 0 Å². The molecule has 2 aromatic rings. The van der Waals surface area contributed by atoms with Gasteiger partial charge in [-0.05, 0) is 42.5 Å². The number of ether oxygens (including phenoxy) is 3. The molecule has 1 aliphatic heterocycles. The van der Waals surface area contributed by atoms with E-state index in [2.05, 4.69) is 0 Å². The molecular formula is C19H18O5. The largest absolute Gasteiger partial charge is 0.486 e. The number of benzene rings is 2. The van der Waals surface area contributed by atoms with Gasteiger partial charge in [0.05, 0.1) is 0 Å². The number of fused-ring (bicyclic) bond motifs is 1. The van der Waals surface area contributed by atoms with Crippen LogP contribution in [0, 0.1) is 0 Å². The highest BCUT2D eigenvalue weighted by molar-refractivity contribution is 5.98. The summed E-state index contributed by atoms with van der Waals surface area (Å²) < 4.78 is 16.4. The van der Waals surface area contributed by atoms with Gasteiger partial charge in [0.25, 0.3) is 0 Å². The van der Waals surface area contributed by atoms with Gasteiger partial charge in [0.15, 0.2) is 29.7 Å². The van der Waals surface area contributed by atoms with Gasteiger partial charge < -0.3 is 14.2 Å². The lowest BCUT2D eigenvalue weighted by molar-refractivity contribution is 0.0919. The number of carbonyl (C=O) groups excluding carboxylic acids is 2. The van der Waals surface area contributed by atoms with Gasteiger partial charge in [0, 0.05) is 17.5 Å². The third-order valence-electron chi connectivity index (χ3n) is 3.73. The SMILES string of the molecule is CCC(=O)c1ccc(OCC(=O)c2ccc3c(c2)OCCO3)cc1. The van der Waals surface area contributed by atoms with Crippen LogP contribution in [0.2, 0.25) is 0 Å². The fourth-order valence-electron chi connectivity index (χ4n) is 2.39. The minimum atomic E-state index is -0.152. The standard InChI is InChI=1S/C19H18O5/c1-2-16(20)13-3-6-15(7-4-13)24-12-17(21)14-5-8-18-19(11-14)23-10-9-22-18/h3-8,11H,2,9-10,12H2,1H3. The highest BCUT2D eigenvalue weighted by Gasteiger charge is 2.15. The number of Topliss-reactive ketones (excluding diaryl/α,β-unsaturated/α-hetero) is 2. The maximum Gasteiger partial charge on any atom is 0.200 e. The van der Waals surface area contributed by atoms with Crippen molar-refractivity contribution >= 4 is 11.6 Å². The van der Waals surface area contributed by atoms with E-state index >= 15 is 0 Å². The first-order valence-electron chi connectivity index (χ1n) is 7.86. The van der Waals surface area contributed by atoms with Crippen molar-refractivity contribution in [3.63, 3.8) is 0 Å². The summed E-state index contributed by atoms with van der Waals surface area (Å²) in [6.07, 6.45) is 0.461. The molecule has 0 aliphatic carbocycles. The lowest BCUT2D eigenvalue weighted by Gasteiger charge is -2.18. The second-order valence-corrected chi connectivity index (χ2v) is 5.37. The van der Waals surface area contributed by atoms with Crippen LogP contribution in [0.4, 0.5) is 0 Å². The van der Waals surface area contributed by atoms with E-state index in [1.165, 1.54) is 0 Å². The van der Waals surface area contributed by atoms with Crippen LogP contribution in [0.5, 0.6) is 17.2 Å². The average Bonchev–Trinajstić information content (AvgIpc) is 2.65. The molecule has 124 valence electrons. The summed E-state index contributed by atoms with van der Waals surface area (Å²) in [7, 11) is 0. The number of hydrogen-bond acceptors (Lipinski definition) is 5. The van der Waals surface area contributed by atoms with E-state index in [-0.39, 0.29) is 18.2 Å². The van der Waals surface area contributed by atoms with Crippen molar-refractivity contribution in [1.29, 1.82) is 0 Å². The summed E-state index contributed by atoms with van der Waals surface area (Å²) in [6, 6.07) is 11.9. The van der Waals surface area contributed by atoms with Crippen LogP contribution in [0.25, 0.3) is 0 Å². The van der Waals surface area contributed by atoms with E-state index in [0.29, 0.717) is 48.0 Å². The molecule has 0 saturated carbocycles. The number of rotatable bonds is 6. The molecule has 0 bridgehead atoms. The molecule has 0 saturated heterocycles. The van der Waals surface area contributed by atoms with E-state index in [1.54, 1.807) is 42.5 Å². The second-order valence-electron chi connectivity index (χ2n) is 5.37. The van der Waals surface area contributed by atoms with Crippen molar-refractivity contribution in [2.24, 2.45) is 0 Å². The smallest absolute Gasteiger partial charge is 0.200 e. The Morgan fingerprint density at radius 1 is 0.917 bits per heavy atom. The maximum atomic E-state index is 12.2. The van der Waals surface area contributed by atoms with Crippen LogP contribution in [0.15, 0.2) is 42.5 Å². The molecule has 0 amide bonds. The van der Waals surface area contributed by atoms with Crippen molar-refractivity contribution in [3.05, 3.63) is 53.6 Å². The predicted molar refractivity (Wildman–Crippen MR) is 88.3 cm³/mol. The highest BCUT2D eigenvalue weighted by Crippen LogP contribution is 2.30. The zero-order valence-corrected chi connectivity index (χ0v) is 13.4.